The minimum absolute atomic E-state index is 0.0971. The average Bonchev–Trinajstić information content (AvgIpc) is 2.64. The smallest absolute Gasteiger partial charge is 0.417 e. The van der Waals surface area contributed by atoms with Crippen molar-refractivity contribution in [2.45, 2.75) is 65.2 Å². The van der Waals surface area contributed by atoms with E-state index in [1.54, 1.807) is 45.0 Å². The Morgan fingerprint density at radius 3 is 2.26 bits per heavy atom. The topological polar surface area (TPSA) is 125 Å². The fourth-order valence-electron chi connectivity index (χ4n) is 2.44. The van der Waals surface area contributed by atoms with E-state index in [1.165, 1.54) is 0 Å². The van der Waals surface area contributed by atoms with Gasteiger partial charge in [-0.2, -0.15) is 0 Å². The van der Waals surface area contributed by atoms with Crippen molar-refractivity contribution in [2.24, 2.45) is 0 Å². The molecular formula is C22H34N2O7. The zero-order valence-electron chi connectivity index (χ0n) is 18.9. The summed E-state index contributed by atoms with van der Waals surface area (Å²) >= 11 is 0. The maximum Gasteiger partial charge on any atom is 0.417 e. The number of benzene rings is 1. The number of aliphatic carboxylic acids is 1. The first-order valence-electron chi connectivity index (χ1n) is 10.3. The van der Waals surface area contributed by atoms with Crippen LogP contribution in [0.3, 0.4) is 0 Å². The van der Waals surface area contributed by atoms with E-state index in [1.807, 2.05) is 13.8 Å². The zero-order valence-corrected chi connectivity index (χ0v) is 18.9. The SMILES string of the molecule is CC(C)NCC(O)COc1ccc(CC(=O)N(CCC(=O)O)C(=O)OC(C)(C)C)cc1. The number of carboxylic acid groups (broad SMARTS) is 1. The van der Waals surface area contributed by atoms with E-state index in [4.69, 9.17) is 14.6 Å². The largest absolute Gasteiger partial charge is 0.491 e. The molecule has 1 aromatic rings. The van der Waals surface area contributed by atoms with Gasteiger partial charge in [-0.3, -0.25) is 9.59 Å². The number of nitrogens with zero attached hydrogens (tertiary/aromatic N) is 1. The maximum absolute atomic E-state index is 12.6. The van der Waals surface area contributed by atoms with E-state index in [9.17, 15) is 19.5 Å². The summed E-state index contributed by atoms with van der Waals surface area (Å²) in [5, 5.41) is 21.9. The van der Waals surface area contributed by atoms with Gasteiger partial charge in [0.05, 0.1) is 12.8 Å². The van der Waals surface area contributed by atoms with Crippen LogP contribution in [-0.4, -0.2) is 70.5 Å². The maximum atomic E-state index is 12.6. The van der Waals surface area contributed by atoms with Crippen molar-refractivity contribution in [2.75, 3.05) is 19.7 Å². The Labute approximate surface area is 183 Å². The number of hydrogen-bond acceptors (Lipinski definition) is 7. The predicted molar refractivity (Wildman–Crippen MR) is 115 cm³/mol. The Hall–Kier alpha value is -2.65. The van der Waals surface area contributed by atoms with E-state index >= 15 is 0 Å². The molecule has 0 spiro atoms. The molecule has 0 radical (unpaired) electrons. The first-order chi connectivity index (χ1) is 14.4. The Morgan fingerprint density at radius 1 is 1.13 bits per heavy atom. The molecule has 0 aliphatic carbocycles. The third-order valence-electron chi connectivity index (χ3n) is 3.95. The van der Waals surface area contributed by atoms with Crippen LogP contribution in [0.5, 0.6) is 5.75 Å². The summed E-state index contributed by atoms with van der Waals surface area (Å²) in [5.74, 6) is -1.14. The summed E-state index contributed by atoms with van der Waals surface area (Å²) in [6, 6.07) is 6.95. The van der Waals surface area contributed by atoms with Crippen LogP contribution in [0.2, 0.25) is 0 Å². The minimum Gasteiger partial charge on any atom is -0.491 e. The van der Waals surface area contributed by atoms with Crippen LogP contribution >= 0.6 is 0 Å². The van der Waals surface area contributed by atoms with Crippen LogP contribution in [-0.2, 0) is 20.7 Å². The fourth-order valence-corrected chi connectivity index (χ4v) is 2.44. The number of carboxylic acids is 1. The molecule has 1 aromatic carbocycles. The van der Waals surface area contributed by atoms with Crippen LogP contribution in [0.4, 0.5) is 4.79 Å². The molecule has 0 aliphatic rings. The molecule has 0 saturated carbocycles. The zero-order chi connectivity index (χ0) is 23.6. The highest BCUT2D eigenvalue weighted by Crippen LogP contribution is 2.15. The monoisotopic (exact) mass is 438 g/mol. The molecule has 0 aromatic heterocycles. The number of imide groups is 1. The van der Waals surface area contributed by atoms with Crippen molar-refractivity contribution in [3.63, 3.8) is 0 Å². The molecule has 0 saturated heterocycles. The second-order valence-electron chi connectivity index (χ2n) is 8.52. The van der Waals surface area contributed by atoms with Crippen LogP contribution in [0, 0.1) is 0 Å². The Balaban J connectivity index is 2.69. The first kappa shape index (κ1) is 26.4. The highest BCUT2D eigenvalue weighted by atomic mass is 16.6. The van der Waals surface area contributed by atoms with Crippen molar-refractivity contribution in [3.05, 3.63) is 29.8 Å². The summed E-state index contributed by atoms with van der Waals surface area (Å²) in [6.45, 7) is 9.24. The number of aliphatic hydroxyl groups excluding tert-OH is 1. The molecule has 9 heteroatoms. The van der Waals surface area contributed by atoms with E-state index < -0.39 is 29.7 Å². The van der Waals surface area contributed by atoms with Gasteiger partial charge in [-0.1, -0.05) is 26.0 Å². The lowest BCUT2D eigenvalue weighted by atomic mass is 10.1. The molecule has 3 N–H and O–H groups in total. The highest BCUT2D eigenvalue weighted by molar-refractivity contribution is 5.93. The van der Waals surface area contributed by atoms with Crippen molar-refractivity contribution in [1.29, 1.82) is 0 Å². The summed E-state index contributed by atoms with van der Waals surface area (Å²) in [5.41, 5.74) is -0.184. The number of hydrogen-bond donors (Lipinski definition) is 3. The molecule has 0 fully saturated rings. The Morgan fingerprint density at radius 2 is 1.74 bits per heavy atom. The number of amides is 2. The molecule has 9 nitrogen and oxygen atoms in total. The lowest BCUT2D eigenvalue weighted by Crippen LogP contribution is -2.42. The van der Waals surface area contributed by atoms with Crippen LogP contribution in [0.1, 0.15) is 46.6 Å². The van der Waals surface area contributed by atoms with Crippen LogP contribution in [0.25, 0.3) is 0 Å². The second-order valence-corrected chi connectivity index (χ2v) is 8.52. The van der Waals surface area contributed by atoms with Crippen molar-refractivity contribution >= 4 is 18.0 Å². The quantitative estimate of drug-likeness (QED) is 0.480. The van der Waals surface area contributed by atoms with Crippen molar-refractivity contribution < 1.29 is 34.1 Å². The summed E-state index contributed by atoms with van der Waals surface area (Å²) in [6.07, 6.45) is -1.99. The number of ether oxygens (including phenoxy) is 2. The van der Waals surface area contributed by atoms with E-state index in [-0.39, 0.29) is 32.0 Å². The van der Waals surface area contributed by atoms with Gasteiger partial charge in [-0.15, -0.1) is 0 Å². The lowest BCUT2D eigenvalue weighted by Gasteiger charge is -2.26. The molecule has 174 valence electrons. The summed E-state index contributed by atoms with van der Waals surface area (Å²) < 4.78 is 10.8. The van der Waals surface area contributed by atoms with E-state index in [0.717, 1.165) is 4.90 Å². The van der Waals surface area contributed by atoms with Gasteiger partial charge in [0.25, 0.3) is 0 Å². The van der Waals surface area contributed by atoms with Crippen LogP contribution < -0.4 is 10.1 Å². The molecule has 1 atom stereocenters. The molecule has 31 heavy (non-hydrogen) atoms. The number of rotatable bonds is 11. The molecule has 2 amide bonds. The van der Waals surface area contributed by atoms with Crippen molar-refractivity contribution in [3.8, 4) is 5.75 Å². The standard InChI is InChI=1S/C22H34N2O7/c1-15(2)23-13-17(25)14-30-18-8-6-16(7-9-18)12-19(26)24(11-10-20(27)28)21(29)31-22(3,4)5/h6-9,15,17,23,25H,10-14H2,1-5H3,(H,27,28). The third-order valence-corrected chi connectivity index (χ3v) is 3.95. The highest BCUT2D eigenvalue weighted by Gasteiger charge is 2.27. The van der Waals surface area contributed by atoms with Gasteiger partial charge in [0.15, 0.2) is 0 Å². The number of carbonyl (C=O) groups excluding carboxylic acids is 2. The van der Waals surface area contributed by atoms with Gasteiger partial charge in [0, 0.05) is 19.1 Å². The third kappa shape index (κ3) is 11.4. The van der Waals surface area contributed by atoms with E-state index in [0.29, 0.717) is 17.9 Å². The van der Waals surface area contributed by atoms with Crippen molar-refractivity contribution in [1.82, 2.24) is 10.2 Å². The number of aliphatic hydroxyl groups is 1. The first-order valence-corrected chi connectivity index (χ1v) is 10.3. The van der Waals surface area contributed by atoms with Gasteiger partial charge in [0.2, 0.25) is 5.91 Å². The van der Waals surface area contributed by atoms with Gasteiger partial charge >= 0.3 is 12.1 Å². The summed E-state index contributed by atoms with van der Waals surface area (Å²) in [7, 11) is 0. The summed E-state index contributed by atoms with van der Waals surface area (Å²) in [4.78, 5) is 36.7. The lowest BCUT2D eigenvalue weighted by molar-refractivity contribution is -0.138. The normalized spacial score (nSPS) is 12.4. The minimum atomic E-state index is -1.12. The van der Waals surface area contributed by atoms with E-state index in [2.05, 4.69) is 5.32 Å². The molecule has 1 unspecified atom stereocenters. The predicted octanol–water partition coefficient (Wildman–Crippen LogP) is 2.21. The molecule has 1 rings (SSSR count). The van der Waals surface area contributed by atoms with Gasteiger partial charge in [-0.25, -0.2) is 9.69 Å². The second kappa shape index (κ2) is 12.3. The Bertz CT molecular complexity index is 726. The molecular weight excluding hydrogens is 404 g/mol. The fraction of sp³-hybridized carbons (Fsp3) is 0.591. The number of nitrogens with one attached hydrogen (secondary N) is 1. The molecule has 0 aliphatic heterocycles. The van der Waals surface area contributed by atoms with Gasteiger partial charge in [-0.05, 0) is 38.5 Å². The number of carbonyl (C=O) groups is 3. The molecule has 0 bridgehead atoms. The van der Waals surface area contributed by atoms with Gasteiger partial charge in [0.1, 0.15) is 24.1 Å². The molecule has 0 heterocycles. The average molecular weight is 439 g/mol. The van der Waals surface area contributed by atoms with Gasteiger partial charge < -0.3 is 25.0 Å². The van der Waals surface area contributed by atoms with Crippen LogP contribution in [0.15, 0.2) is 24.3 Å². The Kier molecular flexibility index (Phi) is 10.4.